The lowest BCUT2D eigenvalue weighted by Gasteiger charge is -2.11. The van der Waals surface area contributed by atoms with Crippen LogP contribution in [-0.2, 0) is 0 Å². The van der Waals surface area contributed by atoms with Crippen LogP contribution in [0.4, 0.5) is 0 Å². The van der Waals surface area contributed by atoms with Crippen molar-refractivity contribution in [3.8, 4) is 0 Å². The Hall–Kier alpha value is -2.81. The van der Waals surface area contributed by atoms with E-state index in [1.807, 2.05) is 30.3 Å². The maximum Gasteiger partial charge on any atom is 0.212 e. The molecule has 0 unspecified atom stereocenters. The third-order valence-electron chi connectivity index (χ3n) is 3.09. The fourth-order valence-corrected chi connectivity index (χ4v) is 2.08. The largest absolute Gasteiger partial charge is 0.289 e. The van der Waals surface area contributed by atoms with Gasteiger partial charge in [0, 0.05) is 23.4 Å². The van der Waals surface area contributed by atoms with E-state index in [0.717, 1.165) is 5.56 Å². The van der Waals surface area contributed by atoms with Crippen molar-refractivity contribution in [2.75, 3.05) is 0 Å². The molecule has 0 atom stereocenters. The first-order valence-electron chi connectivity index (χ1n) is 6.24. The van der Waals surface area contributed by atoms with E-state index in [0.29, 0.717) is 11.1 Å². The van der Waals surface area contributed by atoms with Gasteiger partial charge in [-0.2, -0.15) is 0 Å². The van der Waals surface area contributed by atoms with E-state index in [1.165, 1.54) is 6.08 Å². The summed E-state index contributed by atoms with van der Waals surface area (Å²) < 4.78 is 0. The van der Waals surface area contributed by atoms with Gasteiger partial charge in [0.05, 0.1) is 0 Å². The van der Waals surface area contributed by atoms with E-state index in [2.05, 4.69) is 4.99 Å². The third-order valence-corrected chi connectivity index (χ3v) is 3.09. The highest BCUT2D eigenvalue weighted by molar-refractivity contribution is 6.24. The number of carbonyl (C=O) groups excluding carboxylic acids is 2. The van der Waals surface area contributed by atoms with Gasteiger partial charge < -0.3 is 0 Å². The molecule has 0 spiro atoms. The van der Waals surface area contributed by atoms with Gasteiger partial charge in [0.1, 0.15) is 5.70 Å². The zero-order valence-electron chi connectivity index (χ0n) is 10.6. The predicted octanol–water partition coefficient (Wildman–Crippen LogP) is 3.07. The number of allylic oxidation sites excluding steroid dienone is 2. The van der Waals surface area contributed by atoms with E-state index in [1.54, 1.807) is 30.5 Å². The molecule has 0 saturated carbocycles. The summed E-state index contributed by atoms with van der Waals surface area (Å²) >= 11 is 0. The molecule has 0 fully saturated rings. The molecule has 3 nitrogen and oxygen atoms in total. The van der Waals surface area contributed by atoms with Crippen LogP contribution in [-0.4, -0.2) is 17.8 Å². The topological polar surface area (TPSA) is 46.5 Å². The van der Waals surface area contributed by atoms with Crippen molar-refractivity contribution in [2.45, 2.75) is 0 Å². The van der Waals surface area contributed by atoms with Gasteiger partial charge in [0.2, 0.25) is 5.78 Å². The molecule has 0 radical (unpaired) electrons. The second-order valence-corrected chi connectivity index (χ2v) is 4.44. The van der Waals surface area contributed by atoms with E-state index >= 15 is 0 Å². The summed E-state index contributed by atoms with van der Waals surface area (Å²) in [6, 6.07) is 16.2. The SMILES string of the molecule is O=C1C=C(N=Cc2ccccc2)C(=O)c2ccccc21. The molecule has 0 bridgehead atoms. The van der Waals surface area contributed by atoms with Crippen LogP contribution in [0.15, 0.2) is 71.4 Å². The molecule has 1 aliphatic rings. The first-order valence-corrected chi connectivity index (χ1v) is 6.24. The molecule has 3 rings (SSSR count). The monoisotopic (exact) mass is 261 g/mol. The molecular weight excluding hydrogens is 250 g/mol. The van der Waals surface area contributed by atoms with E-state index in [4.69, 9.17) is 0 Å². The Balaban J connectivity index is 1.95. The Morgan fingerprint density at radius 3 is 2.20 bits per heavy atom. The van der Waals surface area contributed by atoms with Gasteiger partial charge in [0.15, 0.2) is 5.78 Å². The van der Waals surface area contributed by atoms with Crippen molar-refractivity contribution in [3.05, 3.63) is 83.1 Å². The van der Waals surface area contributed by atoms with E-state index in [-0.39, 0.29) is 17.3 Å². The fraction of sp³-hybridized carbons (Fsp3) is 0. The first-order chi connectivity index (χ1) is 9.75. The second kappa shape index (κ2) is 5.05. The maximum absolute atomic E-state index is 12.2. The highest BCUT2D eigenvalue weighted by atomic mass is 16.1. The van der Waals surface area contributed by atoms with Crippen LogP contribution >= 0.6 is 0 Å². The van der Waals surface area contributed by atoms with Crippen molar-refractivity contribution in [3.63, 3.8) is 0 Å². The van der Waals surface area contributed by atoms with Crippen molar-refractivity contribution in [2.24, 2.45) is 4.99 Å². The van der Waals surface area contributed by atoms with Gasteiger partial charge in [-0.3, -0.25) is 14.6 Å². The molecule has 0 amide bonds. The van der Waals surface area contributed by atoms with Gasteiger partial charge in [-0.05, 0) is 5.56 Å². The molecule has 1 aliphatic carbocycles. The first kappa shape index (κ1) is 12.2. The van der Waals surface area contributed by atoms with Gasteiger partial charge in [0.25, 0.3) is 0 Å². The summed E-state index contributed by atoms with van der Waals surface area (Å²) in [6.07, 6.45) is 2.88. The quantitative estimate of drug-likeness (QED) is 0.780. The lowest BCUT2D eigenvalue weighted by Crippen LogP contribution is -2.15. The summed E-state index contributed by atoms with van der Waals surface area (Å²) in [5, 5.41) is 0. The minimum atomic E-state index is -0.215. The van der Waals surface area contributed by atoms with E-state index < -0.39 is 0 Å². The van der Waals surface area contributed by atoms with Gasteiger partial charge >= 0.3 is 0 Å². The van der Waals surface area contributed by atoms with Crippen molar-refractivity contribution in [1.29, 1.82) is 0 Å². The number of Topliss-reactive ketones (excluding diaryl/α,β-unsaturated/α-hetero) is 1. The second-order valence-electron chi connectivity index (χ2n) is 4.44. The summed E-state index contributed by atoms with van der Waals surface area (Å²) in [7, 11) is 0. The normalized spacial score (nSPS) is 14.3. The average molecular weight is 261 g/mol. The number of benzene rings is 2. The highest BCUT2D eigenvalue weighted by Gasteiger charge is 2.24. The lowest BCUT2D eigenvalue weighted by atomic mass is 9.93. The van der Waals surface area contributed by atoms with Gasteiger partial charge in [-0.1, -0.05) is 54.6 Å². The van der Waals surface area contributed by atoms with Crippen LogP contribution in [0.2, 0.25) is 0 Å². The third kappa shape index (κ3) is 2.21. The van der Waals surface area contributed by atoms with Crippen LogP contribution in [0, 0.1) is 0 Å². The minimum absolute atomic E-state index is 0.178. The number of fused-ring (bicyclic) bond motifs is 1. The molecular formula is C17H11NO2. The molecule has 96 valence electrons. The summed E-state index contributed by atoms with van der Waals surface area (Å²) in [6.45, 7) is 0. The van der Waals surface area contributed by atoms with Gasteiger partial charge in [-0.25, -0.2) is 0 Å². The zero-order chi connectivity index (χ0) is 13.9. The molecule has 3 heteroatoms. The zero-order valence-corrected chi connectivity index (χ0v) is 10.6. The highest BCUT2D eigenvalue weighted by Crippen LogP contribution is 2.21. The predicted molar refractivity (Wildman–Crippen MR) is 77.2 cm³/mol. The maximum atomic E-state index is 12.2. The van der Waals surface area contributed by atoms with Crippen LogP contribution < -0.4 is 0 Å². The summed E-state index contributed by atoms with van der Waals surface area (Å²) in [4.78, 5) is 28.3. The number of aliphatic imine (C=N–C) groups is 1. The van der Waals surface area contributed by atoms with E-state index in [9.17, 15) is 9.59 Å². The molecule has 2 aromatic rings. The molecule has 2 aromatic carbocycles. The standard InChI is InChI=1S/C17H11NO2/c19-16-10-15(18-11-12-6-2-1-3-7-12)17(20)14-9-5-4-8-13(14)16/h1-11H. The molecule has 0 saturated heterocycles. The average Bonchev–Trinajstić information content (AvgIpc) is 2.50. The Kier molecular flexibility index (Phi) is 3.09. The molecule has 20 heavy (non-hydrogen) atoms. The number of carbonyl (C=O) groups is 2. The number of hydrogen-bond donors (Lipinski definition) is 0. The number of ketones is 2. The Morgan fingerprint density at radius 1 is 0.800 bits per heavy atom. The smallest absolute Gasteiger partial charge is 0.212 e. The molecule has 0 N–H and O–H groups in total. The van der Waals surface area contributed by atoms with Crippen molar-refractivity contribution in [1.82, 2.24) is 0 Å². The summed E-state index contributed by atoms with van der Waals surface area (Å²) in [5.74, 6) is -0.396. The van der Waals surface area contributed by atoms with Crippen molar-refractivity contribution >= 4 is 17.8 Å². The summed E-state index contributed by atoms with van der Waals surface area (Å²) in [5.41, 5.74) is 1.92. The van der Waals surface area contributed by atoms with Crippen LogP contribution in [0.1, 0.15) is 26.3 Å². The van der Waals surface area contributed by atoms with Crippen LogP contribution in [0.3, 0.4) is 0 Å². The van der Waals surface area contributed by atoms with Crippen LogP contribution in [0.25, 0.3) is 0 Å². The molecule has 0 aliphatic heterocycles. The van der Waals surface area contributed by atoms with Gasteiger partial charge in [-0.15, -0.1) is 0 Å². The molecule has 0 aromatic heterocycles. The lowest BCUT2D eigenvalue weighted by molar-refractivity contribution is 0.0983. The van der Waals surface area contributed by atoms with Crippen LogP contribution in [0.5, 0.6) is 0 Å². The minimum Gasteiger partial charge on any atom is -0.289 e. The number of rotatable bonds is 2. The molecule has 0 heterocycles. The Bertz CT molecular complexity index is 743. The number of nitrogens with zero attached hydrogens (tertiary/aromatic N) is 1. The van der Waals surface area contributed by atoms with Crippen molar-refractivity contribution < 1.29 is 9.59 Å². The Morgan fingerprint density at radius 2 is 1.45 bits per heavy atom. The fourth-order valence-electron chi connectivity index (χ4n) is 2.08. The Labute approximate surface area is 116 Å². The number of hydrogen-bond acceptors (Lipinski definition) is 3.